The molecule has 0 N–H and O–H groups in total. The van der Waals surface area contributed by atoms with Crippen molar-refractivity contribution in [3.8, 4) is 0 Å². The lowest BCUT2D eigenvalue weighted by atomic mass is 10.1. The smallest absolute Gasteiger partial charge is 0.410 e. The van der Waals surface area contributed by atoms with Gasteiger partial charge in [0.2, 0.25) is 0 Å². The van der Waals surface area contributed by atoms with Gasteiger partial charge in [0.15, 0.2) is 0 Å². The number of nitrogens with zero attached hydrogens (tertiary/aromatic N) is 2. The normalized spacial score (nSPS) is 22.7. The van der Waals surface area contributed by atoms with Crippen LogP contribution in [0.5, 0.6) is 0 Å². The minimum Gasteiger partial charge on any atom is -0.444 e. The van der Waals surface area contributed by atoms with Gasteiger partial charge in [-0.25, -0.2) is 4.79 Å². The Balaban J connectivity index is 0.00000162. The predicted molar refractivity (Wildman–Crippen MR) is 77.5 cm³/mol. The molecule has 102 valence electrons. The summed E-state index contributed by atoms with van der Waals surface area (Å²) in [6, 6.07) is 0.139. The first kappa shape index (κ1) is 15.1. The Bertz CT molecular complexity index is 372. The van der Waals surface area contributed by atoms with Crippen molar-refractivity contribution in [2.75, 3.05) is 6.54 Å². The number of carbonyl (C=O) groups is 1. The molecular formula is C13H22N2O2S. The number of ether oxygens (including phenoxy) is 1. The average molecular weight is 270 g/mol. The summed E-state index contributed by atoms with van der Waals surface area (Å²) in [6.07, 6.45) is 6.53. The van der Waals surface area contributed by atoms with Crippen molar-refractivity contribution < 1.29 is 9.53 Å². The minimum absolute atomic E-state index is 0. The lowest BCUT2D eigenvalue weighted by molar-refractivity contribution is 0.0265. The summed E-state index contributed by atoms with van der Waals surface area (Å²) >= 11 is 0. The molecular weight excluding hydrogens is 248 g/mol. The molecule has 0 saturated carbocycles. The Kier molecular flexibility index (Phi) is 4.85. The number of amides is 1. The van der Waals surface area contributed by atoms with E-state index in [1.165, 1.54) is 0 Å². The number of likely N-dealkylation sites (tertiary alicyclic amines) is 1. The van der Waals surface area contributed by atoms with E-state index in [-0.39, 0.29) is 25.6 Å². The van der Waals surface area contributed by atoms with Crippen LogP contribution in [0.1, 0.15) is 40.0 Å². The largest absolute Gasteiger partial charge is 0.444 e. The van der Waals surface area contributed by atoms with E-state index < -0.39 is 5.60 Å². The number of carbonyl (C=O) groups excluding carboxylic acids is 1. The summed E-state index contributed by atoms with van der Waals surface area (Å²) in [5, 5.41) is 0. The zero-order valence-corrected chi connectivity index (χ0v) is 12.3. The number of aliphatic imine (C=N–C) groups is 1. The van der Waals surface area contributed by atoms with E-state index in [4.69, 9.17) is 4.74 Å². The topological polar surface area (TPSA) is 41.9 Å². The van der Waals surface area contributed by atoms with Crippen molar-refractivity contribution in [3.63, 3.8) is 0 Å². The van der Waals surface area contributed by atoms with Crippen molar-refractivity contribution in [2.24, 2.45) is 4.99 Å². The third-order valence-electron chi connectivity index (χ3n) is 2.94. The maximum atomic E-state index is 12.1. The van der Waals surface area contributed by atoms with Gasteiger partial charge in [0.05, 0.1) is 6.04 Å². The van der Waals surface area contributed by atoms with Crippen molar-refractivity contribution in [3.05, 3.63) is 12.3 Å². The highest BCUT2D eigenvalue weighted by atomic mass is 32.1. The molecule has 4 nitrogen and oxygen atoms in total. The summed E-state index contributed by atoms with van der Waals surface area (Å²) in [5.41, 5.74) is 0.660. The maximum absolute atomic E-state index is 12.1. The Morgan fingerprint density at radius 2 is 2.22 bits per heavy atom. The van der Waals surface area contributed by atoms with E-state index in [1.807, 2.05) is 37.9 Å². The van der Waals surface area contributed by atoms with Gasteiger partial charge in [-0.3, -0.25) is 9.89 Å². The second kappa shape index (κ2) is 5.78. The lowest BCUT2D eigenvalue weighted by Crippen LogP contribution is -2.43. The van der Waals surface area contributed by atoms with Crippen molar-refractivity contribution in [1.29, 1.82) is 0 Å². The molecule has 2 heterocycles. The van der Waals surface area contributed by atoms with Crippen LogP contribution in [0, 0.1) is 0 Å². The van der Waals surface area contributed by atoms with Gasteiger partial charge < -0.3 is 4.74 Å². The number of allylic oxidation sites excluding steroid dienone is 1. The molecule has 5 heteroatoms. The Morgan fingerprint density at radius 1 is 1.50 bits per heavy atom. The van der Waals surface area contributed by atoms with Gasteiger partial charge >= 0.3 is 6.09 Å². The van der Waals surface area contributed by atoms with Crippen LogP contribution in [0.25, 0.3) is 0 Å². The SMILES string of the molecule is CC(C)(C)OC(=O)N1CCC[C@H]1C1=NC=CC1.S. The predicted octanol–water partition coefficient (Wildman–Crippen LogP) is 2.86. The van der Waals surface area contributed by atoms with Crippen LogP contribution in [0.15, 0.2) is 17.3 Å². The standard InChI is InChI=1S/C13H20N2O2.H2S/c1-13(2,3)17-12(16)15-9-5-7-11(15)10-6-4-8-14-10;/h4,8,11H,5-7,9H2,1-3H3;1H2/t11-;/m0./s1. The molecule has 1 amide bonds. The lowest BCUT2D eigenvalue weighted by Gasteiger charge is -2.28. The molecule has 0 spiro atoms. The highest BCUT2D eigenvalue weighted by molar-refractivity contribution is 7.59. The van der Waals surface area contributed by atoms with E-state index in [9.17, 15) is 4.79 Å². The summed E-state index contributed by atoms with van der Waals surface area (Å²) in [6.45, 7) is 6.46. The third kappa shape index (κ3) is 3.51. The molecule has 1 saturated heterocycles. The maximum Gasteiger partial charge on any atom is 0.410 e. The minimum atomic E-state index is -0.431. The molecule has 2 aliphatic heterocycles. The molecule has 1 fully saturated rings. The van der Waals surface area contributed by atoms with Gasteiger partial charge in [-0.1, -0.05) is 6.08 Å². The monoisotopic (exact) mass is 270 g/mol. The first-order valence-corrected chi connectivity index (χ1v) is 6.18. The molecule has 0 radical (unpaired) electrons. The van der Waals surface area contributed by atoms with Crippen LogP contribution in [0.4, 0.5) is 4.79 Å². The fraction of sp³-hybridized carbons (Fsp3) is 0.692. The molecule has 0 bridgehead atoms. The Labute approximate surface area is 116 Å². The van der Waals surface area contributed by atoms with Crippen LogP contribution in [-0.2, 0) is 4.74 Å². The second-order valence-electron chi connectivity index (χ2n) is 5.54. The quantitative estimate of drug-likeness (QED) is 0.735. The van der Waals surface area contributed by atoms with Crippen LogP contribution in [0.2, 0.25) is 0 Å². The van der Waals surface area contributed by atoms with E-state index in [0.29, 0.717) is 0 Å². The fourth-order valence-electron chi connectivity index (χ4n) is 2.25. The third-order valence-corrected chi connectivity index (χ3v) is 2.94. The van der Waals surface area contributed by atoms with Gasteiger partial charge in [-0.15, -0.1) is 0 Å². The zero-order valence-electron chi connectivity index (χ0n) is 11.3. The van der Waals surface area contributed by atoms with E-state index in [2.05, 4.69) is 4.99 Å². The number of hydrogen-bond donors (Lipinski definition) is 0. The molecule has 0 aromatic heterocycles. The molecule has 1 atom stereocenters. The van der Waals surface area contributed by atoms with Gasteiger partial charge in [-0.05, 0) is 33.6 Å². The first-order chi connectivity index (χ1) is 7.97. The first-order valence-electron chi connectivity index (χ1n) is 6.18. The van der Waals surface area contributed by atoms with Gasteiger partial charge in [0, 0.05) is 24.9 Å². The van der Waals surface area contributed by atoms with Crippen molar-refractivity contribution in [2.45, 2.75) is 51.7 Å². The summed E-state index contributed by atoms with van der Waals surface area (Å²) in [7, 11) is 0. The van der Waals surface area contributed by atoms with E-state index in [0.717, 1.165) is 31.5 Å². The second-order valence-corrected chi connectivity index (χ2v) is 5.54. The fourth-order valence-corrected chi connectivity index (χ4v) is 2.25. The van der Waals surface area contributed by atoms with Crippen LogP contribution in [0.3, 0.4) is 0 Å². The van der Waals surface area contributed by atoms with Gasteiger partial charge in [-0.2, -0.15) is 13.5 Å². The summed E-state index contributed by atoms with van der Waals surface area (Å²) in [5.74, 6) is 0. The molecule has 0 unspecified atom stereocenters. The molecule has 0 aliphatic carbocycles. The summed E-state index contributed by atoms with van der Waals surface area (Å²) < 4.78 is 5.42. The van der Waals surface area contributed by atoms with Crippen molar-refractivity contribution >= 4 is 25.3 Å². The van der Waals surface area contributed by atoms with Crippen LogP contribution >= 0.6 is 13.5 Å². The molecule has 18 heavy (non-hydrogen) atoms. The zero-order chi connectivity index (χ0) is 12.5. The number of hydrogen-bond acceptors (Lipinski definition) is 3. The van der Waals surface area contributed by atoms with Gasteiger partial charge in [0.25, 0.3) is 0 Å². The molecule has 0 aromatic carbocycles. The molecule has 0 aromatic rings. The average Bonchev–Trinajstić information content (AvgIpc) is 2.85. The Morgan fingerprint density at radius 3 is 2.78 bits per heavy atom. The molecule has 2 rings (SSSR count). The van der Waals surface area contributed by atoms with Gasteiger partial charge in [0.1, 0.15) is 5.60 Å². The van der Waals surface area contributed by atoms with E-state index in [1.54, 1.807) is 0 Å². The molecule has 2 aliphatic rings. The highest BCUT2D eigenvalue weighted by Gasteiger charge is 2.35. The number of rotatable bonds is 1. The van der Waals surface area contributed by atoms with E-state index >= 15 is 0 Å². The van der Waals surface area contributed by atoms with Crippen LogP contribution < -0.4 is 0 Å². The highest BCUT2D eigenvalue weighted by Crippen LogP contribution is 2.24. The van der Waals surface area contributed by atoms with Crippen molar-refractivity contribution in [1.82, 2.24) is 4.90 Å². The summed E-state index contributed by atoms with van der Waals surface area (Å²) in [4.78, 5) is 18.2. The van der Waals surface area contributed by atoms with Crippen LogP contribution in [-0.4, -0.2) is 34.9 Å². The Hall–Kier alpha value is -0.970.